The maximum absolute atomic E-state index is 6.22. The van der Waals surface area contributed by atoms with Crippen molar-refractivity contribution in [2.75, 3.05) is 26.1 Å². The quantitative estimate of drug-likeness (QED) is 0.613. The molecule has 0 spiro atoms. The Labute approximate surface area is 133 Å². The lowest BCUT2D eigenvalue weighted by atomic mass is 9.77. The van der Waals surface area contributed by atoms with Gasteiger partial charge >= 0.3 is 0 Å². The Kier molecular flexibility index (Phi) is 6.19. The van der Waals surface area contributed by atoms with Gasteiger partial charge in [-0.2, -0.15) is 0 Å². The molecule has 0 aromatic heterocycles. The zero-order valence-corrected chi connectivity index (χ0v) is 13.8. The van der Waals surface area contributed by atoms with Crippen molar-refractivity contribution < 1.29 is 9.47 Å². The molecule has 1 saturated carbocycles. The van der Waals surface area contributed by atoms with Crippen molar-refractivity contribution in [1.29, 1.82) is 0 Å². The van der Waals surface area contributed by atoms with E-state index in [1.54, 1.807) is 7.11 Å². The predicted molar refractivity (Wildman–Crippen MR) is 87.6 cm³/mol. The standard InChI is InChI=1S/C17H26ClNO2/c1-14-6-5-9-17(12-14,13-18)19-10-11-21-16-8-4-3-7-15(16)20-2/h3-4,7-8,14,19H,5-6,9-13H2,1-2H3. The van der Waals surface area contributed by atoms with E-state index >= 15 is 0 Å². The number of nitrogens with one attached hydrogen (secondary N) is 1. The number of hydrogen-bond donors (Lipinski definition) is 1. The molecule has 2 atom stereocenters. The number of methoxy groups -OCH3 is 1. The normalized spacial score (nSPS) is 25.6. The van der Waals surface area contributed by atoms with Gasteiger partial charge in [-0.25, -0.2) is 0 Å². The topological polar surface area (TPSA) is 30.5 Å². The van der Waals surface area contributed by atoms with Gasteiger partial charge < -0.3 is 14.8 Å². The Morgan fingerprint density at radius 2 is 2.10 bits per heavy atom. The van der Waals surface area contributed by atoms with Crippen molar-refractivity contribution in [2.45, 2.75) is 38.1 Å². The highest BCUT2D eigenvalue weighted by molar-refractivity contribution is 6.18. The number of benzene rings is 1. The van der Waals surface area contributed by atoms with Crippen molar-refractivity contribution in [2.24, 2.45) is 5.92 Å². The van der Waals surface area contributed by atoms with Gasteiger partial charge in [0.15, 0.2) is 11.5 Å². The Bertz CT molecular complexity index is 441. The van der Waals surface area contributed by atoms with E-state index in [1.165, 1.54) is 12.8 Å². The SMILES string of the molecule is COc1ccccc1OCCNC1(CCl)CCCC(C)C1. The van der Waals surface area contributed by atoms with E-state index in [0.717, 1.165) is 36.8 Å². The van der Waals surface area contributed by atoms with E-state index in [1.807, 2.05) is 24.3 Å². The Balaban J connectivity index is 1.80. The van der Waals surface area contributed by atoms with Crippen molar-refractivity contribution >= 4 is 11.6 Å². The molecule has 1 N–H and O–H groups in total. The van der Waals surface area contributed by atoms with Crippen LogP contribution in [0.2, 0.25) is 0 Å². The summed E-state index contributed by atoms with van der Waals surface area (Å²) in [7, 11) is 1.66. The van der Waals surface area contributed by atoms with E-state index in [4.69, 9.17) is 21.1 Å². The second kappa shape index (κ2) is 7.90. The molecule has 1 aromatic carbocycles. The van der Waals surface area contributed by atoms with E-state index in [2.05, 4.69) is 12.2 Å². The molecule has 1 aliphatic rings. The van der Waals surface area contributed by atoms with E-state index in [0.29, 0.717) is 12.5 Å². The summed E-state index contributed by atoms with van der Waals surface area (Å²) in [6.07, 6.45) is 4.90. The van der Waals surface area contributed by atoms with Crippen LogP contribution in [-0.4, -0.2) is 31.7 Å². The first kappa shape index (κ1) is 16.4. The summed E-state index contributed by atoms with van der Waals surface area (Å²) in [5.41, 5.74) is 0.0867. The van der Waals surface area contributed by atoms with Crippen LogP contribution in [0.1, 0.15) is 32.6 Å². The number of ether oxygens (including phenoxy) is 2. The van der Waals surface area contributed by atoms with E-state index in [-0.39, 0.29) is 5.54 Å². The smallest absolute Gasteiger partial charge is 0.161 e. The first-order chi connectivity index (χ1) is 10.2. The highest BCUT2D eigenvalue weighted by Crippen LogP contribution is 2.33. The summed E-state index contributed by atoms with van der Waals surface area (Å²) in [6.45, 7) is 3.73. The van der Waals surface area contributed by atoms with Gasteiger partial charge in [0.25, 0.3) is 0 Å². The molecule has 2 rings (SSSR count). The molecular weight excluding hydrogens is 286 g/mol. The minimum absolute atomic E-state index is 0.0867. The second-order valence-electron chi connectivity index (χ2n) is 6.04. The van der Waals surface area contributed by atoms with Crippen molar-refractivity contribution in [3.05, 3.63) is 24.3 Å². The molecule has 118 valence electrons. The van der Waals surface area contributed by atoms with Crippen molar-refractivity contribution in [1.82, 2.24) is 5.32 Å². The van der Waals surface area contributed by atoms with Crippen LogP contribution < -0.4 is 14.8 Å². The Morgan fingerprint density at radius 3 is 2.76 bits per heavy atom. The van der Waals surface area contributed by atoms with Gasteiger partial charge in [-0.3, -0.25) is 0 Å². The number of alkyl halides is 1. The van der Waals surface area contributed by atoms with Gasteiger partial charge in [0, 0.05) is 18.0 Å². The minimum Gasteiger partial charge on any atom is -0.493 e. The van der Waals surface area contributed by atoms with Crippen LogP contribution in [0.25, 0.3) is 0 Å². The lowest BCUT2D eigenvalue weighted by Gasteiger charge is -2.39. The lowest BCUT2D eigenvalue weighted by Crippen LogP contribution is -2.51. The molecule has 4 heteroatoms. The molecule has 1 aromatic rings. The summed E-state index contributed by atoms with van der Waals surface area (Å²) in [6, 6.07) is 7.73. The zero-order chi connectivity index (χ0) is 15.1. The molecule has 0 aliphatic heterocycles. The molecule has 3 nitrogen and oxygen atoms in total. The van der Waals surface area contributed by atoms with Gasteiger partial charge in [-0.1, -0.05) is 31.9 Å². The van der Waals surface area contributed by atoms with E-state index < -0.39 is 0 Å². The van der Waals surface area contributed by atoms with Crippen molar-refractivity contribution in [3.8, 4) is 11.5 Å². The fourth-order valence-electron chi connectivity index (χ4n) is 3.20. The number of para-hydroxylation sites is 2. The van der Waals surface area contributed by atoms with E-state index in [9.17, 15) is 0 Å². The van der Waals surface area contributed by atoms with Crippen LogP contribution in [0.3, 0.4) is 0 Å². The van der Waals surface area contributed by atoms with Gasteiger partial charge in [-0.15, -0.1) is 11.6 Å². The third kappa shape index (κ3) is 4.52. The average molecular weight is 312 g/mol. The fourth-order valence-corrected chi connectivity index (χ4v) is 3.54. The van der Waals surface area contributed by atoms with Crippen LogP contribution in [0.15, 0.2) is 24.3 Å². The molecule has 0 saturated heterocycles. The number of halogens is 1. The predicted octanol–water partition coefficient (Wildman–Crippen LogP) is 3.85. The highest BCUT2D eigenvalue weighted by Gasteiger charge is 2.33. The monoisotopic (exact) mass is 311 g/mol. The Morgan fingerprint density at radius 1 is 1.33 bits per heavy atom. The van der Waals surface area contributed by atoms with Crippen LogP contribution >= 0.6 is 11.6 Å². The summed E-state index contributed by atoms with van der Waals surface area (Å²) in [5, 5.41) is 3.63. The van der Waals surface area contributed by atoms with Crippen LogP contribution in [0.4, 0.5) is 0 Å². The molecular formula is C17H26ClNO2. The molecule has 0 heterocycles. The maximum Gasteiger partial charge on any atom is 0.161 e. The molecule has 2 unspecified atom stereocenters. The van der Waals surface area contributed by atoms with Crippen molar-refractivity contribution in [3.63, 3.8) is 0 Å². The maximum atomic E-state index is 6.22. The Hall–Kier alpha value is -0.930. The largest absolute Gasteiger partial charge is 0.493 e. The van der Waals surface area contributed by atoms with Crippen LogP contribution in [-0.2, 0) is 0 Å². The van der Waals surface area contributed by atoms with Gasteiger partial charge in [0.05, 0.1) is 7.11 Å². The lowest BCUT2D eigenvalue weighted by molar-refractivity contribution is 0.193. The number of hydrogen-bond acceptors (Lipinski definition) is 3. The third-order valence-corrected chi connectivity index (χ3v) is 4.79. The van der Waals surface area contributed by atoms with Crippen LogP contribution in [0, 0.1) is 5.92 Å². The molecule has 21 heavy (non-hydrogen) atoms. The average Bonchev–Trinajstić information content (AvgIpc) is 2.52. The minimum atomic E-state index is 0.0867. The molecule has 1 fully saturated rings. The fraction of sp³-hybridized carbons (Fsp3) is 0.647. The highest BCUT2D eigenvalue weighted by atomic mass is 35.5. The molecule has 0 amide bonds. The summed E-state index contributed by atoms with van der Waals surface area (Å²) < 4.78 is 11.1. The second-order valence-corrected chi connectivity index (χ2v) is 6.31. The summed E-state index contributed by atoms with van der Waals surface area (Å²) in [5.74, 6) is 2.99. The third-order valence-electron chi connectivity index (χ3n) is 4.28. The molecule has 1 aliphatic carbocycles. The molecule has 0 radical (unpaired) electrons. The number of rotatable bonds is 7. The zero-order valence-electron chi connectivity index (χ0n) is 13.0. The van der Waals surface area contributed by atoms with Gasteiger partial charge in [-0.05, 0) is 30.9 Å². The van der Waals surface area contributed by atoms with Gasteiger partial charge in [0.2, 0.25) is 0 Å². The first-order valence-electron chi connectivity index (χ1n) is 7.76. The van der Waals surface area contributed by atoms with Gasteiger partial charge in [0.1, 0.15) is 6.61 Å². The summed E-state index contributed by atoms with van der Waals surface area (Å²) >= 11 is 6.22. The summed E-state index contributed by atoms with van der Waals surface area (Å²) in [4.78, 5) is 0. The molecule has 0 bridgehead atoms. The van der Waals surface area contributed by atoms with Crippen LogP contribution in [0.5, 0.6) is 11.5 Å². The first-order valence-corrected chi connectivity index (χ1v) is 8.29.